The van der Waals surface area contributed by atoms with Crippen molar-refractivity contribution in [1.82, 2.24) is 24.4 Å². The number of benzene rings is 1. The van der Waals surface area contributed by atoms with Gasteiger partial charge in [0.1, 0.15) is 17.2 Å². The van der Waals surface area contributed by atoms with Gasteiger partial charge in [-0.1, -0.05) is 6.58 Å². The van der Waals surface area contributed by atoms with E-state index in [1.165, 1.54) is 48.3 Å². The third kappa shape index (κ3) is 5.41. The van der Waals surface area contributed by atoms with E-state index in [2.05, 4.69) is 49.0 Å². The molecule has 0 bridgehead atoms. The predicted molar refractivity (Wildman–Crippen MR) is 146 cm³/mol. The molecule has 0 saturated carbocycles. The van der Waals surface area contributed by atoms with Crippen molar-refractivity contribution < 1.29 is 22.7 Å². The van der Waals surface area contributed by atoms with Crippen LogP contribution in [-0.4, -0.2) is 70.7 Å². The standard InChI is InChI=1S/C27H27F3N8O2/c1-4-24(39)33-19-14-20(22(40-3)15-21(19)37-12-10-36(2)11-13-37)34-26-32-9-7-23(35-26)38-16-18(27(28,29)30)17-6-5-8-31-25(17)38/h4-9,14-16H,1,10-13H2,2-3H3,(H,33,39)(H,32,34,35). The smallest absolute Gasteiger partial charge is 0.418 e. The number of hydrogen-bond donors (Lipinski definition) is 2. The molecule has 0 spiro atoms. The molecule has 1 amide bonds. The molecule has 1 aromatic carbocycles. The number of rotatable bonds is 7. The first-order valence-corrected chi connectivity index (χ1v) is 12.4. The van der Waals surface area contributed by atoms with Crippen LogP contribution < -0.4 is 20.3 Å². The molecule has 1 aliphatic heterocycles. The van der Waals surface area contributed by atoms with Gasteiger partial charge in [-0.3, -0.25) is 9.36 Å². The van der Waals surface area contributed by atoms with E-state index in [-0.39, 0.29) is 28.7 Å². The van der Waals surface area contributed by atoms with Crippen LogP contribution in [0.4, 0.5) is 36.2 Å². The fourth-order valence-corrected chi connectivity index (χ4v) is 4.55. The van der Waals surface area contributed by atoms with E-state index in [1.54, 1.807) is 6.07 Å². The number of carbonyl (C=O) groups excluding carboxylic acids is 1. The number of likely N-dealkylation sites (N-methyl/N-ethyl adjacent to an activating group) is 1. The first kappa shape index (κ1) is 26.9. The van der Waals surface area contributed by atoms with Gasteiger partial charge in [-0.25, -0.2) is 9.97 Å². The van der Waals surface area contributed by atoms with Crippen molar-refractivity contribution in [2.24, 2.45) is 0 Å². The van der Waals surface area contributed by atoms with Crippen molar-refractivity contribution in [2.75, 3.05) is 55.9 Å². The van der Waals surface area contributed by atoms with Crippen molar-refractivity contribution in [1.29, 1.82) is 0 Å². The summed E-state index contributed by atoms with van der Waals surface area (Å²) in [5.41, 5.74) is 1.06. The van der Waals surface area contributed by atoms with Crippen LogP contribution in [0.3, 0.4) is 0 Å². The molecule has 1 fully saturated rings. The zero-order chi connectivity index (χ0) is 28.4. The SMILES string of the molecule is C=CC(=O)Nc1cc(Nc2nccc(-n3cc(C(F)(F)F)c4cccnc43)n2)c(OC)cc1N1CCN(C)CC1. The first-order chi connectivity index (χ1) is 19.2. The van der Waals surface area contributed by atoms with Gasteiger partial charge in [-0.15, -0.1) is 0 Å². The second-order valence-corrected chi connectivity index (χ2v) is 9.20. The van der Waals surface area contributed by atoms with E-state index in [4.69, 9.17) is 4.74 Å². The van der Waals surface area contributed by atoms with Gasteiger partial charge in [0.05, 0.1) is 29.7 Å². The summed E-state index contributed by atoms with van der Waals surface area (Å²) in [7, 11) is 3.57. The van der Waals surface area contributed by atoms with Crippen molar-refractivity contribution >= 4 is 40.0 Å². The minimum Gasteiger partial charge on any atom is -0.494 e. The number of nitrogens with zero attached hydrogens (tertiary/aromatic N) is 6. The third-order valence-corrected chi connectivity index (χ3v) is 6.61. The van der Waals surface area contributed by atoms with Gasteiger partial charge >= 0.3 is 6.18 Å². The maximum atomic E-state index is 13.7. The fourth-order valence-electron chi connectivity index (χ4n) is 4.55. The van der Waals surface area contributed by atoms with Gasteiger partial charge in [0, 0.05) is 56.2 Å². The van der Waals surface area contributed by atoms with E-state index in [0.717, 1.165) is 38.1 Å². The molecule has 5 rings (SSSR count). The monoisotopic (exact) mass is 552 g/mol. The largest absolute Gasteiger partial charge is 0.494 e. The Hall–Kier alpha value is -4.65. The van der Waals surface area contributed by atoms with E-state index in [0.29, 0.717) is 17.1 Å². The molecule has 0 atom stereocenters. The molecule has 40 heavy (non-hydrogen) atoms. The molecular formula is C27H27F3N8O2. The lowest BCUT2D eigenvalue weighted by Gasteiger charge is -2.35. The summed E-state index contributed by atoms with van der Waals surface area (Å²) in [6, 6.07) is 7.83. The molecular weight excluding hydrogens is 525 g/mol. The fraction of sp³-hybridized carbons (Fsp3) is 0.259. The predicted octanol–water partition coefficient (Wildman–Crippen LogP) is 4.46. The Balaban J connectivity index is 1.53. The third-order valence-electron chi connectivity index (χ3n) is 6.61. The van der Waals surface area contributed by atoms with Gasteiger partial charge in [-0.05, 0) is 37.4 Å². The molecule has 2 N–H and O–H groups in total. The zero-order valence-electron chi connectivity index (χ0n) is 21.9. The minimum atomic E-state index is -4.56. The number of amides is 1. The number of methoxy groups -OCH3 is 1. The van der Waals surface area contributed by atoms with Crippen molar-refractivity contribution in [2.45, 2.75) is 6.18 Å². The lowest BCUT2D eigenvalue weighted by atomic mass is 10.1. The molecule has 0 unspecified atom stereocenters. The van der Waals surface area contributed by atoms with Crippen LogP contribution in [0.5, 0.6) is 5.75 Å². The molecule has 10 nitrogen and oxygen atoms in total. The summed E-state index contributed by atoms with van der Waals surface area (Å²) in [6.07, 6.45) is 0.440. The molecule has 0 radical (unpaired) electrons. The van der Waals surface area contributed by atoms with Gasteiger partial charge in [0.25, 0.3) is 0 Å². The molecule has 4 aromatic rings. The van der Waals surface area contributed by atoms with Gasteiger partial charge < -0.3 is 25.2 Å². The van der Waals surface area contributed by atoms with E-state index < -0.39 is 11.7 Å². The van der Waals surface area contributed by atoms with Crippen molar-refractivity contribution in [3.8, 4) is 11.6 Å². The Morgan fingerprint density at radius 2 is 1.88 bits per heavy atom. The number of carbonyl (C=O) groups is 1. The van der Waals surface area contributed by atoms with Crippen LogP contribution in [0.2, 0.25) is 0 Å². The number of piperazine rings is 1. The number of alkyl halides is 3. The number of hydrogen-bond acceptors (Lipinski definition) is 8. The molecule has 4 heterocycles. The summed E-state index contributed by atoms with van der Waals surface area (Å²) in [5.74, 6) is 0.379. The Kier molecular flexibility index (Phi) is 7.30. The summed E-state index contributed by atoms with van der Waals surface area (Å²) >= 11 is 0. The average molecular weight is 553 g/mol. The summed E-state index contributed by atoms with van der Waals surface area (Å²) in [5, 5.41) is 5.90. The molecule has 13 heteroatoms. The molecule has 1 saturated heterocycles. The Morgan fingerprint density at radius 1 is 1.10 bits per heavy atom. The van der Waals surface area contributed by atoms with Crippen molar-refractivity contribution in [3.05, 3.63) is 67.1 Å². The number of fused-ring (bicyclic) bond motifs is 1. The second kappa shape index (κ2) is 10.8. The van der Waals surface area contributed by atoms with Crippen molar-refractivity contribution in [3.63, 3.8) is 0 Å². The summed E-state index contributed by atoms with van der Waals surface area (Å²) in [6.45, 7) is 6.77. The molecule has 3 aromatic heterocycles. The van der Waals surface area contributed by atoms with Crippen LogP contribution in [0.25, 0.3) is 16.9 Å². The summed E-state index contributed by atoms with van der Waals surface area (Å²) < 4.78 is 48.0. The van der Waals surface area contributed by atoms with Crippen LogP contribution in [-0.2, 0) is 11.0 Å². The number of halogens is 3. The maximum absolute atomic E-state index is 13.7. The number of pyridine rings is 1. The minimum absolute atomic E-state index is 0.0353. The number of anilines is 4. The highest BCUT2D eigenvalue weighted by atomic mass is 19.4. The highest BCUT2D eigenvalue weighted by molar-refractivity contribution is 6.02. The van der Waals surface area contributed by atoms with E-state index >= 15 is 0 Å². The van der Waals surface area contributed by atoms with Gasteiger partial charge in [-0.2, -0.15) is 18.2 Å². The van der Waals surface area contributed by atoms with Crippen LogP contribution >= 0.6 is 0 Å². The molecule has 1 aliphatic rings. The van der Waals surface area contributed by atoms with E-state index in [1.807, 2.05) is 6.07 Å². The quantitative estimate of drug-likeness (QED) is 0.324. The summed E-state index contributed by atoms with van der Waals surface area (Å²) in [4.78, 5) is 29.5. The Bertz CT molecular complexity index is 1560. The lowest BCUT2D eigenvalue weighted by Crippen LogP contribution is -2.44. The Morgan fingerprint density at radius 3 is 2.58 bits per heavy atom. The van der Waals surface area contributed by atoms with Crippen LogP contribution in [0.15, 0.2) is 61.6 Å². The zero-order valence-corrected chi connectivity index (χ0v) is 21.9. The first-order valence-electron chi connectivity index (χ1n) is 12.4. The highest BCUT2D eigenvalue weighted by Crippen LogP contribution is 2.39. The van der Waals surface area contributed by atoms with Crippen LogP contribution in [0.1, 0.15) is 5.56 Å². The van der Waals surface area contributed by atoms with Crippen LogP contribution in [0, 0.1) is 0 Å². The normalized spacial score (nSPS) is 14.3. The second-order valence-electron chi connectivity index (χ2n) is 9.20. The Labute approximate surface area is 228 Å². The average Bonchev–Trinajstić information content (AvgIpc) is 3.34. The van der Waals surface area contributed by atoms with Gasteiger partial charge in [0.2, 0.25) is 11.9 Å². The highest BCUT2D eigenvalue weighted by Gasteiger charge is 2.35. The molecule has 208 valence electrons. The number of aromatic nitrogens is 4. The molecule has 0 aliphatic carbocycles. The maximum Gasteiger partial charge on any atom is 0.418 e. The lowest BCUT2D eigenvalue weighted by molar-refractivity contribution is -0.136. The van der Waals surface area contributed by atoms with Gasteiger partial charge in [0.15, 0.2) is 0 Å². The topological polar surface area (TPSA) is 100 Å². The van der Waals surface area contributed by atoms with E-state index in [9.17, 15) is 18.0 Å². The number of ether oxygens (including phenoxy) is 1. The number of nitrogens with one attached hydrogen (secondary N) is 2.